The van der Waals surface area contributed by atoms with E-state index in [2.05, 4.69) is 6.92 Å². The summed E-state index contributed by atoms with van der Waals surface area (Å²) in [7, 11) is 0. The van der Waals surface area contributed by atoms with Crippen LogP contribution in [0.25, 0.3) is 0 Å². The predicted molar refractivity (Wildman–Crippen MR) is 52.6 cm³/mol. The summed E-state index contributed by atoms with van der Waals surface area (Å²) >= 11 is 0. The second kappa shape index (κ2) is 5.25. The maximum Gasteiger partial charge on any atom is 0.306 e. The Kier molecular flexibility index (Phi) is 4.26. The molecule has 2 nitrogen and oxygen atoms in total. The van der Waals surface area contributed by atoms with Crippen LogP contribution in [-0.2, 0) is 4.79 Å². The molecule has 0 heterocycles. The van der Waals surface area contributed by atoms with Crippen LogP contribution in [0.3, 0.4) is 0 Å². The van der Waals surface area contributed by atoms with Crippen molar-refractivity contribution < 1.29 is 9.90 Å². The first-order chi connectivity index (χ1) is 6.25. The van der Waals surface area contributed by atoms with Gasteiger partial charge >= 0.3 is 5.97 Å². The lowest BCUT2D eigenvalue weighted by atomic mass is 9.77. The van der Waals surface area contributed by atoms with Gasteiger partial charge in [0.15, 0.2) is 0 Å². The van der Waals surface area contributed by atoms with Crippen molar-refractivity contribution in [1.82, 2.24) is 0 Å². The van der Waals surface area contributed by atoms with Crippen LogP contribution in [0, 0.1) is 11.8 Å². The smallest absolute Gasteiger partial charge is 0.306 e. The average molecular weight is 184 g/mol. The van der Waals surface area contributed by atoms with E-state index in [1.807, 2.05) is 0 Å². The molecular formula is C11H20O2. The van der Waals surface area contributed by atoms with E-state index in [1.165, 1.54) is 19.3 Å². The van der Waals surface area contributed by atoms with E-state index in [0.29, 0.717) is 5.92 Å². The molecule has 0 radical (unpaired) electrons. The Bertz CT molecular complexity index is 165. The molecule has 1 rings (SSSR count). The van der Waals surface area contributed by atoms with Crippen molar-refractivity contribution >= 4 is 5.97 Å². The summed E-state index contributed by atoms with van der Waals surface area (Å²) in [5.74, 6) is -0.146. The molecule has 1 aliphatic carbocycles. The quantitative estimate of drug-likeness (QED) is 0.729. The SMILES string of the molecule is CCCC[C@@H]1CCCC[C@@H]1C(=O)O. The van der Waals surface area contributed by atoms with Crippen LogP contribution < -0.4 is 0 Å². The summed E-state index contributed by atoms with van der Waals surface area (Å²) in [6.45, 7) is 2.17. The van der Waals surface area contributed by atoms with Crippen molar-refractivity contribution in [2.45, 2.75) is 51.9 Å². The van der Waals surface area contributed by atoms with Crippen molar-refractivity contribution in [3.63, 3.8) is 0 Å². The van der Waals surface area contributed by atoms with E-state index in [1.54, 1.807) is 0 Å². The monoisotopic (exact) mass is 184 g/mol. The summed E-state index contributed by atoms with van der Waals surface area (Å²) in [4.78, 5) is 10.9. The number of hydrogen-bond donors (Lipinski definition) is 1. The van der Waals surface area contributed by atoms with Gasteiger partial charge in [0.1, 0.15) is 0 Å². The van der Waals surface area contributed by atoms with Crippen LogP contribution in [0.15, 0.2) is 0 Å². The van der Waals surface area contributed by atoms with E-state index in [9.17, 15) is 4.79 Å². The molecular weight excluding hydrogens is 164 g/mol. The van der Waals surface area contributed by atoms with Crippen molar-refractivity contribution in [2.75, 3.05) is 0 Å². The number of hydrogen-bond acceptors (Lipinski definition) is 1. The van der Waals surface area contributed by atoms with Crippen molar-refractivity contribution in [2.24, 2.45) is 11.8 Å². The van der Waals surface area contributed by atoms with Gasteiger partial charge in [0.25, 0.3) is 0 Å². The molecule has 0 aromatic carbocycles. The minimum Gasteiger partial charge on any atom is -0.481 e. The fourth-order valence-electron chi connectivity index (χ4n) is 2.34. The van der Waals surface area contributed by atoms with Gasteiger partial charge in [-0.05, 0) is 25.2 Å². The van der Waals surface area contributed by atoms with Crippen molar-refractivity contribution in [3.05, 3.63) is 0 Å². The minimum absolute atomic E-state index is 0.0414. The van der Waals surface area contributed by atoms with Gasteiger partial charge in [-0.2, -0.15) is 0 Å². The highest BCUT2D eigenvalue weighted by Gasteiger charge is 2.29. The van der Waals surface area contributed by atoms with Gasteiger partial charge in [-0.1, -0.05) is 32.6 Å². The van der Waals surface area contributed by atoms with Gasteiger partial charge < -0.3 is 5.11 Å². The molecule has 76 valence electrons. The average Bonchev–Trinajstić information content (AvgIpc) is 2.15. The van der Waals surface area contributed by atoms with Crippen molar-refractivity contribution in [1.29, 1.82) is 0 Å². The first-order valence-electron chi connectivity index (χ1n) is 5.48. The van der Waals surface area contributed by atoms with Crippen LogP contribution in [0.4, 0.5) is 0 Å². The number of carbonyl (C=O) groups is 1. The highest BCUT2D eigenvalue weighted by Crippen LogP contribution is 2.33. The summed E-state index contributed by atoms with van der Waals surface area (Å²) < 4.78 is 0. The lowest BCUT2D eigenvalue weighted by molar-refractivity contribution is -0.145. The summed E-state index contributed by atoms with van der Waals surface area (Å²) in [6, 6.07) is 0. The Morgan fingerprint density at radius 2 is 2.08 bits per heavy atom. The molecule has 2 atom stereocenters. The molecule has 1 aliphatic rings. The van der Waals surface area contributed by atoms with E-state index in [4.69, 9.17) is 5.11 Å². The maximum atomic E-state index is 10.9. The standard InChI is InChI=1S/C11H20O2/c1-2-3-6-9-7-4-5-8-10(9)11(12)13/h9-10H,2-8H2,1H3,(H,12,13)/t9-,10+/m1/s1. The third-order valence-electron chi connectivity index (χ3n) is 3.15. The third-order valence-corrected chi connectivity index (χ3v) is 3.15. The molecule has 0 aromatic heterocycles. The Hall–Kier alpha value is -0.530. The van der Waals surface area contributed by atoms with E-state index in [-0.39, 0.29) is 5.92 Å². The first kappa shape index (κ1) is 10.6. The number of carboxylic acids is 1. The molecule has 0 aliphatic heterocycles. The Balaban J connectivity index is 2.41. The summed E-state index contributed by atoms with van der Waals surface area (Å²) in [5, 5.41) is 9.01. The second-order valence-corrected chi connectivity index (χ2v) is 4.13. The highest BCUT2D eigenvalue weighted by atomic mass is 16.4. The molecule has 0 bridgehead atoms. The fourth-order valence-corrected chi connectivity index (χ4v) is 2.34. The van der Waals surface area contributed by atoms with Crippen LogP contribution in [0.2, 0.25) is 0 Å². The van der Waals surface area contributed by atoms with E-state index < -0.39 is 5.97 Å². The lowest BCUT2D eigenvalue weighted by Crippen LogP contribution is -2.26. The van der Waals surface area contributed by atoms with Crippen molar-refractivity contribution in [3.8, 4) is 0 Å². The largest absolute Gasteiger partial charge is 0.481 e. The lowest BCUT2D eigenvalue weighted by Gasteiger charge is -2.28. The molecule has 0 unspecified atom stereocenters. The number of rotatable bonds is 4. The zero-order valence-corrected chi connectivity index (χ0v) is 8.46. The molecule has 0 aromatic rings. The number of unbranched alkanes of at least 4 members (excludes halogenated alkanes) is 1. The second-order valence-electron chi connectivity index (χ2n) is 4.13. The molecule has 1 N–H and O–H groups in total. The van der Waals surface area contributed by atoms with Gasteiger partial charge in [-0.3, -0.25) is 4.79 Å². The summed E-state index contributed by atoms with van der Waals surface area (Å²) in [5.41, 5.74) is 0. The molecule has 0 amide bonds. The number of carboxylic acid groups (broad SMARTS) is 1. The van der Waals surface area contributed by atoms with Crippen LogP contribution in [-0.4, -0.2) is 11.1 Å². The van der Waals surface area contributed by atoms with E-state index >= 15 is 0 Å². The maximum absolute atomic E-state index is 10.9. The van der Waals surface area contributed by atoms with Gasteiger partial charge in [0.2, 0.25) is 0 Å². The van der Waals surface area contributed by atoms with Gasteiger partial charge in [-0.25, -0.2) is 0 Å². The topological polar surface area (TPSA) is 37.3 Å². The molecule has 0 spiro atoms. The van der Waals surface area contributed by atoms with Crippen LogP contribution in [0.5, 0.6) is 0 Å². The molecule has 1 fully saturated rings. The van der Waals surface area contributed by atoms with Gasteiger partial charge in [0, 0.05) is 0 Å². The Morgan fingerprint density at radius 1 is 1.38 bits per heavy atom. The molecule has 0 saturated heterocycles. The highest BCUT2D eigenvalue weighted by molar-refractivity contribution is 5.70. The zero-order valence-electron chi connectivity index (χ0n) is 8.46. The summed E-state index contributed by atoms with van der Waals surface area (Å²) in [6.07, 6.45) is 7.88. The number of aliphatic carboxylic acids is 1. The van der Waals surface area contributed by atoms with Gasteiger partial charge in [-0.15, -0.1) is 0 Å². The Labute approximate surface area is 80.3 Å². The zero-order chi connectivity index (χ0) is 9.68. The molecule has 2 heteroatoms. The predicted octanol–water partition coefficient (Wildman–Crippen LogP) is 3.07. The minimum atomic E-state index is -0.569. The van der Waals surface area contributed by atoms with E-state index in [0.717, 1.165) is 25.7 Å². The molecule has 1 saturated carbocycles. The molecule has 13 heavy (non-hydrogen) atoms. The third kappa shape index (κ3) is 3.02. The normalized spacial score (nSPS) is 28.7. The van der Waals surface area contributed by atoms with Crippen LogP contribution in [0.1, 0.15) is 51.9 Å². The van der Waals surface area contributed by atoms with Gasteiger partial charge in [0.05, 0.1) is 5.92 Å². The Morgan fingerprint density at radius 3 is 2.69 bits per heavy atom. The first-order valence-corrected chi connectivity index (χ1v) is 5.48. The van der Waals surface area contributed by atoms with Crippen LogP contribution >= 0.6 is 0 Å². The fraction of sp³-hybridized carbons (Fsp3) is 0.909.